The topological polar surface area (TPSA) is 37.4 Å². The summed E-state index contributed by atoms with van der Waals surface area (Å²) in [7, 11) is 1.73. The second-order valence-electron chi connectivity index (χ2n) is 8.79. The van der Waals surface area contributed by atoms with E-state index in [-0.39, 0.29) is 6.04 Å². The maximum absolute atomic E-state index is 5.54. The molecule has 6 rings (SSSR count). The van der Waals surface area contributed by atoms with Gasteiger partial charge in [0.1, 0.15) is 5.75 Å². The van der Waals surface area contributed by atoms with Gasteiger partial charge >= 0.3 is 0 Å². The van der Waals surface area contributed by atoms with Crippen molar-refractivity contribution in [3.63, 3.8) is 0 Å². The van der Waals surface area contributed by atoms with Crippen LogP contribution in [0.2, 0.25) is 0 Å². The first-order valence-electron chi connectivity index (χ1n) is 11.2. The van der Waals surface area contributed by atoms with Crippen molar-refractivity contribution in [2.45, 2.75) is 38.3 Å². The quantitative estimate of drug-likeness (QED) is 0.590. The van der Waals surface area contributed by atoms with Crippen molar-refractivity contribution >= 4 is 16.6 Å². The number of nitrogens with zero attached hydrogens (tertiary/aromatic N) is 2. The number of rotatable bonds is 6. The Bertz CT molecular complexity index is 1010. The third-order valence-corrected chi connectivity index (χ3v) is 7.26. The van der Waals surface area contributed by atoms with Gasteiger partial charge in [0, 0.05) is 29.9 Å². The van der Waals surface area contributed by atoms with E-state index in [1.54, 1.807) is 7.11 Å². The molecule has 0 saturated carbocycles. The number of benzene rings is 2. The fourth-order valence-corrected chi connectivity index (χ4v) is 5.63. The SMILES string of the molecule is CCC1CN2CCC1C[C@@H]2[C@H](Nc1ccccc1)c1ccnc2ccc(OC)cc12. The van der Waals surface area contributed by atoms with Gasteiger partial charge < -0.3 is 10.1 Å². The Hall–Kier alpha value is -2.59. The van der Waals surface area contributed by atoms with Crippen LogP contribution in [0.15, 0.2) is 60.8 Å². The van der Waals surface area contributed by atoms with Gasteiger partial charge in [-0.25, -0.2) is 0 Å². The van der Waals surface area contributed by atoms with Crippen LogP contribution in [-0.4, -0.2) is 36.1 Å². The lowest BCUT2D eigenvalue weighted by Gasteiger charge is -2.52. The number of pyridine rings is 1. The third kappa shape index (κ3) is 3.54. The molecule has 3 unspecified atom stereocenters. The molecule has 0 aliphatic carbocycles. The number of anilines is 1. The molecule has 1 N–H and O–H groups in total. The van der Waals surface area contributed by atoms with Gasteiger partial charge in [0.25, 0.3) is 0 Å². The largest absolute Gasteiger partial charge is 0.497 e. The summed E-state index contributed by atoms with van der Waals surface area (Å²) in [4.78, 5) is 7.37. The number of aromatic nitrogens is 1. The van der Waals surface area contributed by atoms with Crippen molar-refractivity contribution in [2.24, 2.45) is 11.8 Å². The minimum Gasteiger partial charge on any atom is -0.497 e. The van der Waals surface area contributed by atoms with Crippen molar-refractivity contribution in [1.29, 1.82) is 0 Å². The Labute approximate surface area is 179 Å². The van der Waals surface area contributed by atoms with Crippen LogP contribution in [0.3, 0.4) is 0 Å². The van der Waals surface area contributed by atoms with E-state index in [0.29, 0.717) is 6.04 Å². The summed E-state index contributed by atoms with van der Waals surface area (Å²) in [6.07, 6.45) is 5.85. The zero-order valence-corrected chi connectivity index (χ0v) is 17.9. The molecule has 4 heteroatoms. The van der Waals surface area contributed by atoms with Crippen LogP contribution in [0.4, 0.5) is 5.69 Å². The maximum atomic E-state index is 5.54. The molecule has 2 aromatic carbocycles. The molecule has 30 heavy (non-hydrogen) atoms. The molecule has 0 radical (unpaired) electrons. The highest BCUT2D eigenvalue weighted by Gasteiger charge is 2.43. The lowest BCUT2D eigenvalue weighted by Crippen LogP contribution is -2.56. The Morgan fingerprint density at radius 1 is 1.17 bits per heavy atom. The van der Waals surface area contributed by atoms with Crippen molar-refractivity contribution in [3.05, 3.63) is 66.4 Å². The van der Waals surface area contributed by atoms with Crippen molar-refractivity contribution in [3.8, 4) is 5.75 Å². The monoisotopic (exact) mass is 401 g/mol. The number of fused-ring (bicyclic) bond motifs is 4. The van der Waals surface area contributed by atoms with Crippen LogP contribution in [0.1, 0.15) is 37.8 Å². The second kappa shape index (κ2) is 8.27. The van der Waals surface area contributed by atoms with Crippen molar-refractivity contribution in [1.82, 2.24) is 9.88 Å². The normalized spacial score (nSPS) is 26.5. The Morgan fingerprint density at radius 3 is 2.77 bits per heavy atom. The molecule has 0 amide bonds. The maximum Gasteiger partial charge on any atom is 0.119 e. The molecule has 4 heterocycles. The van der Waals surface area contributed by atoms with E-state index in [1.165, 1.54) is 49.0 Å². The number of piperidine rings is 3. The fraction of sp³-hybridized carbons (Fsp3) is 0.423. The van der Waals surface area contributed by atoms with Gasteiger partial charge in [0.05, 0.1) is 18.7 Å². The fourth-order valence-electron chi connectivity index (χ4n) is 5.63. The van der Waals surface area contributed by atoms with E-state index >= 15 is 0 Å². The van der Waals surface area contributed by atoms with Crippen LogP contribution in [0.5, 0.6) is 5.75 Å². The van der Waals surface area contributed by atoms with Crippen LogP contribution in [-0.2, 0) is 0 Å². The molecule has 156 valence electrons. The average Bonchev–Trinajstić information content (AvgIpc) is 2.82. The minimum absolute atomic E-state index is 0.214. The Morgan fingerprint density at radius 2 is 2.03 bits per heavy atom. The summed E-state index contributed by atoms with van der Waals surface area (Å²) in [6.45, 7) is 4.79. The second-order valence-corrected chi connectivity index (χ2v) is 8.79. The first kappa shape index (κ1) is 19.4. The van der Waals surface area contributed by atoms with Gasteiger partial charge in [0.2, 0.25) is 0 Å². The smallest absolute Gasteiger partial charge is 0.119 e. The number of methoxy groups -OCH3 is 1. The Kier molecular flexibility index (Phi) is 5.34. The lowest BCUT2D eigenvalue weighted by molar-refractivity contribution is -0.00780. The standard InChI is InChI=1S/C26H31N3O/c1-3-18-17-29-14-12-19(18)15-25(29)26(28-20-7-5-4-6-8-20)22-11-13-27-24-10-9-21(30-2)16-23(22)24/h4-11,13,16,18-19,25-26,28H,3,12,14-15,17H2,1-2H3/t18?,19?,25-,26-/m1/s1. The highest BCUT2D eigenvalue weighted by molar-refractivity contribution is 5.84. The Balaban J connectivity index is 1.58. The molecular weight excluding hydrogens is 370 g/mol. The predicted octanol–water partition coefficient (Wildman–Crippen LogP) is 5.52. The van der Waals surface area contributed by atoms with Crippen LogP contribution in [0.25, 0.3) is 10.9 Å². The highest BCUT2D eigenvalue weighted by Crippen LogP contribution is 2.44. The summed E-state index contributed by atoms with van der Waals surface area (Å²) >= 11 is 0. The number of para-hydroxylation sites is 1. The predicted molar refractivity (Wildman–Crippen MR) is 123 cm³/mol. The molecule has 2 bridgehead atoms. The molecule has 3 saturated heterocycles. The zero-order valence-electron chi connectivity index (χ0n) is 17.9. The zero-order chi connectivity index (χ0) is 20.5. The summed E-state index contributed by atoms with van der Waals surface area (Å²) in [6, 6.07) is 19.7. The van der Waals surface area contributed by atoms with E-state index < -0.39 is 0 Å². The molecule has 3 aromatic rings. The van der Waals surface area contributed by atoms with Gasteiger partial charge in [-0.15, -0.1) is 0 Å². The molecule has 4 nitrogen and oxygen atoms in total. The highest BCUT2D eigenvalue weighted by atomic mass is 16.5. The van der Waals surface area contributed by atoms with Gasteiger partial charge in [-0.1, -0.05) is 31.5 Å². The van der Waals surface area contributed by atoms with E-state index in [0.717, 1.165) is 23.1 Å². The van der Waals surface area contributed by atoms with E-state index in [1.807, 2.05) is 12.3 Å². The van der Waals surface area contributed by atoms with Crippen LogP contribution in [0, 0.1) is 11.8 Å². The first-order valence-corrected chi connectivity index (χ1v) is 11.2. The minimum atomic E-state index is 0.214. The number of hydrogen-bond donors (Lipinski definition) is 1. The van der Waals surface area contributed by atoms with Gasteiger partial charge in [0.15, 0.2) is 0 Å². The molecule has 3 aliphatic heterocycles. The van der Waals surface area contributed by atoms with Crippen molar-refractivity contribution in [2.75, 3.05) is 25.5 Å². The molecule has 1 aromatic heterocycles. The molecule has 3 fully saturated rings. The van der Waals surface area contributed by atoms with Gasteiger partial charge in [-0.05, 0) is 73.2 Å². The molecular formula is C26H31N3O. The third-order valence-electron chi connectivity index (χ3n) is 7.26. The summed E-state index contributed by atoms with van der Waals surface area (Å²) in [5.74, 6) is 2.57. The van der Waals surface area contributed by atoms with E-state index in [2.05, 4.69) is 70.7 Å². The van der Waals surface area contributed by atoms with E-state index in [4.69, 9.17) is 4.74 Å². The molecule has 0 spiro atoms. The molecule has 3 aliphatic rings. The van der Waals surface area contributed by atoms with Crippen LogP contribution < -0.4 is 10.1 Å². The van der Waals surface area contributed by atoms with Gasteiger partial charge in [-0.2, -0.15) is 0 Å². The molecule has 5 atom stereocenters. The van der Waals surface area contributed by atoms with Crippen LogP contribution >= 0.6 is 0 Å². The summed E-state index contributed by atoms with van der Waals surface area (Å²) in [5.41, 5.74) is 3.51. The van der Waals surface area contributed by atoms with Gasteiger partial charge in [-0.3, -0.25) is 9.88 Å². The van der Waals surface area contributed by atoms with E-state index in [9.17, 15) is 0 Å². The lowest BCUT2D eigenvalue weighted by atomic mass is 9.72. The average molecular weight is 402 g/mol. The number of hydrogen-bond acceptors (Lipinski definition) is 4. The summed E-state index contributed by atoms with van der Waals surface area (Å²) in [5, 5.41) is 5.08. The van der Waals surface area contributed by atoms with Crippen molar-refractivity contribution < 1.29 is 4.74 Å². The number of ether oxygens (including phenoxy) is 1. The summed E-state index contributed by atoms with van der Waals surface area (Å²) < 4.78 is 5.54. The number of nitrogens with one attached hydrogen (secondary N) is 1. The first-order chi connectivity index (χ1) is 14.8.